The van der Waals surface area contributed by atoms with E-state index in [1.54, 1.807) is 0 Å². The van der Waals surface area contributed by atoms with E-state index in [-0.39, 0.29) is 12.6 Å². The smallest absolute Gasteiger partial charge is 0.132 e. The van der Waals surface area contributed by atoms with Crippen molar-refractivity contribution < 1.29 is 5.11 Å². The Kier molecular flexibility index (Phi) is 5.51. The van der Waals surface area contributed by atoms with Crippen LogP contribution in [-0.4, -0.2) is 28.2 Å². The third kappa shape index (κ3) is 4.16. The van der Waals surface area contributed by atoms with Crippen molar-refractivity contribution >= 4 is 11.6 Å². The molecule has 2 rings (SSSR count). The van der Waals surface area contributed by atoms with Crippen molar-refractivity contribution in [3.8, 4) is 0 Å². The molecule has 3 N–H and O–H groups in total. The van der Waals surface area contributed by atoms with E-state index >= 15 is 0 Å². The van der Waals surface area contributed by atoms with Crippen LogP contribution in [0.1, 0.15) is 31.3 Å². The number of aryl methyl sites for hydroxylation is 1. The SMILES string of the molecule is CCNc1cc(NC(CO)c2ccccc2)nc(CC)n1. The number of aliphatic hydroxyl groups excluding tert-OH is 1. The van der Waals surface area contributed by atoms with Gasteiger partial charge in [0.2, 0.25) is 0 Å². The summed E-state index contributed by atoms with van der Waals surface area (Å²) in [5.41, 5.74) is 1.03. The fourth-order valence-corrected chi connectivity index (χ4v) is 2.10. The first kappa shape index (κ1) is 15.3. The molecule has 0 saturated carbocycles. The van der Waals surface area contributed by atoms with Gasteiger partial charge in [0.05, 0.1) is 12.6 Å². The maximum atomic E-state index is 9.62. The second-order valence-corrected chi connectivity index (χ2v) is 4.73. The first-order chi connectivity index (χ1) is 10.3. The molecule has 0 amide bonds. The second kappa shape index (κ2) is 7.59. The van der Waals surface area contributed by atoms with Crippen molar-refractivity contribution in [3.63, 3.8) is 0 Å². The lowest BCUT2D eigenvalue weighted by Gasteiger charge is -2.18. The summed E-state index contributed by atoms with van der Waals surface area (Å²) in [4.78, 5) is 8.90. The fourth-order valence-electron chi connectivity index (χ4n) is 2.10. The number of benzene rings is 1. The van der Waals surface area contributed by atoms with Gasteiger partial charge in [-0.05, 0) is 12.5 Å². The maximum absolute atomic E-state index is 9.62. The van der Waals surface area contributed by atoms with Crippen molar-refractivity contribution in [2.75, 3.05) is 23.8 Å². The summed E-state index contributed by atoms with van der Waals surface area (Å²) >= 11 is 0. The summed E-state index contributed by atoms with van der Waals surface area (Å²) in [5, 5.41) is 16.1. The molecule has 0 aliphatic rings. The van der Waals surface area contributed by atoms with Crippen molar-refractivity contribution in [3.05, 3.63) is 47.8 Å². The lowest BCUT2D eigenvalue weighted by atomic mass is 10.1. The topological polar surface area (TPSA) is 70.1 Å². The molecule has 0 bridgehead atoms. The molecule has 112 valence electrons. The largest absolute Gasteiger partial charge is 0.394 e. The lowest BCUT2D eigenvalue weighted by Crippen LogP contribution is -2.16. The van der Waals surface area contributed by atoms with E-state index in [1.807, 2.05) is 50.2 Å². The molecule has 0 saturated heterocycles. The summed E-state index contributed by atoms with van der Waals surface area (Å²) in [6.45, 7) is 4.87. The highest BCUT2D eigenvalue weighted by atomic mass is 16.3. The Labute approximate surface area is 125 Å². The maximum Gasteiger partial charge on any atom is 0.132 e. The number of anilines is 2. The molecule has 0 aliphatic carbocycles. The van der Waals surface area contributed by atoms with Gasteiger partial charge in [-0.1, -0.05) is 37.3 Å². The number of aromatic nitrogens is 2. The van der Waals surface area contributed by atoms with Crippen LogP contribution in [0.25, 0.3) is 0 Å². The molecule has 0 spiro atoms. The number of nitrogens with zero attached hydrogens (tertiary/aromatic N) is 2. The van der Waals surface area contributed by atoms with E-state index < -0.39 is 0 Å². The van der Waals surface area contributed by atoms with E-state index in [0.29, 0.717) is 0 Å². The summed E-state index contributed by atoms with van der Waals surface area (Å²) in [7, 11) is 0. The Bertz CT molecular complexity index is 559. The molecule has 0 radical (unpaired) electrons. The van der Waals surface area contributed by atoms with Gasteiger partial charge in [-0.25, -0.2) is 9.97 Å². The predicted octanol–water partition coefficient (Wildman–Crippen LogP) is 2.62. The number of hydrogen-bond acceptors (Lipinski definition) is 5. The molecule has 0 fully saturated rings. The normalized spacial score (nSPS) is 12.0. The van der Waals surface area contributed by atoms with Gasteiger partial charge in [0.15, 0.2) is 0 Å². The number of nitrogens with one attached hydrogen (secondary N) is 2. The molecule has 21 heavy (non-hydrogen) atoms. The molecule has 5 heteroatoms. The summed E-state index contributed by atoms with van der Waals surface area (Å²) in [6.07, 6.45) is 0.767. The van der Waals surface area contributed by atoms with Crippen LogP contribution >= 0.6 is 0 Å². The zero-order chi connectivity index (χ0) is 15.1. The minimum atomic E-state index is -0.180. The lowest BCUT2D eigenvalue weighted by molar-refractivity contribution is 0.276. The fraction of sp³-hybridized carbons (Fsp3) is 0.375. The van der Waals surface area contributed by atoms with Crippen LogP contribution in [0.5, 0.6) is 0 Å². The van der Waals surface area contributed by atoms with Crippen molar-refractivity contribution in [1.29, 1.82) is 0 Å². The summed E-state index contributed by atoms with van der Waals surface area (Å²) < 4.78 is 0. The average molecular weight is 286 g/mol. The zero-order valence-electron chi connectivity index (χ0n) is 12.5. The van der Waals surface area contributed by atoms with Gasteiger partial charge in [-0.15, -0.1) is 0 Å². The molecule has 1 aromatic carbocycles. The third-order valence-electron chi connectivity index (χ3n) is 3.15. The van der Waals surface area contributed by atoms with Gasteiger partial charge < -0.3 is 15.7 Å². The molecule has 5 nitrogen and oxygen atoms in total. The van der Waals surface area contributed by atoms with Crippen LogP contribution in [0.4, 0.5) is 11.6 Å². The highest BCUT2D eigenvalue weighted by molar-refractivity contribution is 5.49. The minimum absolute atomic E-state index is 0.00597. The van der Waals surface area contributed by atoms with Gasteiger partial charge in [-0.3, -0.25) is 0 Å². The Morgan fingerprint density at radius 1 is 1.10 bits per heavy atom. The summed E-state index contributed by atoms with van der Waals surface area (Å²) in [6, 6.07) is 11.5. The van der Waals surface area contributed by atoms with Crippen molar-refractivity contribution in [2.45, 2.75) is 26.3 Å². The quantitative estimate of drug-likeness (QED) is 0.730. The molecule has 1 atom stereocenters. The highest BCUT2D eigenvalue weighted by Crippen LogP contribution is 2.19. The Hall–Kier alpha value is -2.14. The first-order valence-corrected chi connectivity index (χ1v) is 7.31. The van der Waals surface area contributed by atoms with Gasteiger partial charge in [-0.2, -0.15) is 0 Å². The van der Waals surface area contributed by atoms with Gasteiger partial charge in [0, 0.05) is 19.0 Å². The highest BCUT2D eigenvalue weighted by Gasteiger charge is 2.12. The Balaban J connectivity index is 2.22. The Morgan fingerprint density at radius 3 is 2.43 bits per heavy atom. The predicted molar refractivity (Wildman–Crippen MR) is 85.5 cm³/mol. The monoisotopic (exact) mass is 286 g/mol. The van der Waals surface area contributed by atoms with Crippen LogP contribution in [0.2, 0.25) is 0 Å². The molecule has 2 aromatic rings. The van der Waals surface area contributed by atoms with E-state index in [9.17, 15) is 5.11 Å². The molecule has 1 unspecified atom stereocenters. The first-order valence-electron chi connectivity index (χ1n) is 7.31. The minimum Gasteiger partial charge on any atom is -0.394 e. The molecular formula is C16H22N4O. The number of aliphatic hydroxyl groups is 1. The Morgan fingerprint density at radius 2 is 1.81 bits per heavy atom. The van der Waals surface area contributed by atoms with Crippen LogP contribution in [0.15, 0.2) is 36.4 Å². The third-order valence-corrected chi connectivity index (χ3v) is 3.15. The molecule has 0 aliphatic heterocycles. The zero-order valence-corrected chi connectivity index (χ0v) is 12.5. The van der Waals surface area contributed by atoms with Gasteiger partial charge >= 0.3 is 0 Å². The van der Waals surface area contributed by atoms with Crippen LogP contribution < -0.4 is 10.6 Å². The standard InChI is InChI=1S/C16H22N4O/c1-3-14-19-15(17-4-2)10-16(20-14)18-13(11-21)12-8-6-5-7-9-12/h5-10,13,21H,3-4,11H2,1-2H3,(H2,17,18,19,20). The van der Waals surface area contributed by atoms with Crippen LogP contribution in [0.3, 0.4) is 0 Å². The van der Waals surface area contributed by atoms with Crippen molar-refractivity contribution in [2.24, 2.45) is 0 Å². The van der Waals surface area contributed by atoms with Crippen molar-refractivity contribution in [1.82, 2.24) is 9.97 Å². The van der Waals surface area contributed by atoms with E-state index in [2.05, 4.69) is 20.6 Å². The van der Waals surface area contributed by atoms with E-state index in [1.165, 1.54) is 0 Å². The molecular weight excluding hydrogens is 264 g/mol. The van der Waals surface area contributed by atoms with E-state index in [0.717, 1.165) is 36.0 Å². The van der Waals surface area contributed by atoms with Crippen LogP contribution in [0, 0.1) is 0 Å². The average Bonchev–Trinajstić information content (AvgIpc) is 2.53. The summed E-state index contributed by atoms with van der Waals surface area (Å²) in [5.74, 6) is 2.30. The van der Waals surface area contributed by atoms with Gasteiger partial charge in [0.1, 0.15) is 17.5 Å². The molecule has 1 aromatic heterocycles. The molecule has 1 heterocycles. The van der Waals surface area contributed by atoms with E-state index in [4.69, 9.17) is 0 Å². The number of hydrogen-bond donors (Lipinski definition) is 3. The second-order valence-electron chi connectivity index (χ2n) is 4.73. The van der Waals surface area contributed by atoms with Gasteiger partial charge in [0.25, 0.3) is 0 Å². The number of rotatable bonds is 7. The van der Waals surface area contributed by atoms with Crippen LogP contribution in [-0.2, 0) is 6.42 Å².